The number of anilines is 2. The predicted molar refractivity (Wildman–Crippen MR) is 95.9 cm³/mol. The van der Waals surface area contributed by atoms with Crippen molar-refractivity contribution in [3.63, 3.8) is 0 Å². The van der Waals surface area contributed by atoms with Gasteiger partial charge in [0.05, 0.1) is 28.8 Å². The molecule has 0 amide bonds. The van der Waals surface area contributed by atoms with Crippen LogP contribution in [0.15, 0.2) is 35.9 Å². The van der Waals surface area contributed by atoms with E-state index in [1.54, 1.807) is 0 Å². The van der Waals surface area contributed by atoms with Gasteiger partial charge in [-0.15, -0.1) is 0 Å². The first-order valence-corrected chi connectivity index (χ1v) is 9.13. The number of allylic oxidation sites excluding steroid dienone is 2. The second-order valence-corrected chi connectivity index (χ2v) is 8.33. The molecule has 30 heavy (non-hydrogen) atoms. The summed E-state index contributed by atoms with van der Waals surface area (Å²) in [6, 6.07) is 0.695. The maximum Gasteiger partial charge on any atom is 0.433 e. The number of alkyl halides is 6. The van der Waals surface area contributed by atoms with Crippen LogP contribution < -0.4 is 4.90 Å². The van der Waals surface area contributed by atoms with Gasteiger partial charge in [-0.2, -0.15) is 26.3 Å². The molecule has 0 saturated carbocycles. The lowest BCUT2D eigenvalue weighted by Crippen LogP contribution is -2.37. The van der Waals surface area contributed by atoms with Crippen LogP contribution in [0.1, 0.15) is 43.5 Å². The highest BCUT2D eigenvalue weighted by molar-refractivity contribution is 6.05. The van der Waals surface area contributed by atoms with Crippen LogP contribution in [0.25, 0.3) is 0 Å². The number of carbonyl (C=O) groups excluding carboxylic acids is 1. The summed E-state index contributed by atoms with van der Waals surface area (Å²) in [5, 5.41) is 0. The molecule has 0 aromatic carbocycles. The number of carbonyl (C=O) groups is 1. The maximum atomic E-state index is 13.7. The summed E-state index contributed by atoms with van der Waals surface area (Å²) in [5.41, 5.74) is -3.29. The summed E-state index contributed by atoms with van der Waals surface area (Å²) in [6.07, 6.45) is -6.31. The zero-order valence-corrected chi connectivity index (χ0v) is 16.0. The van der Waals surface area contributed by atoms with Gasteiger partial charge < -0.3 is 9.88 Å². The Morgan fingerprint density at radius 3 is 2.43 bits per heavy atom. The van der Waals surface area contributed by atoms with Gasteiger partial charge in [0.15, 0.2) is 5.78 Å². The topological polar surface area (TPSA) is 49.0 Å². The number of halogens is 6. The molecule has 1 N–H and O–H groups in total. The number of aromatic nitrogens is 2. The van der Waals surface area contributed by atoms with Crippen molar-refractivity contribution in [3.05, 3.63) is 52.7 Å². The summed E-state index contributed by atoms with van der Waals surface area (Å²) in [5.74, 6) is -0.488. The smallest absolute Gasteiger partial charge is 0.356 e. The normalized spacial score (nSPS) is 19.1. The Balaban J connectivity index is 2.03. The average Bonchev–Trinajstić information content (AvgIpc) is 3.02. The molecule has 3 heterocycles. The van der Waals surface area contributed by atoms with E-state index in [2.05, 4.69) is 9.97 Å². The summed E-state index contributed by atoms with van der Waals surface area (Å²) in [4.78, 5) is 19.7. The van der Waals surface area contributed by atoms with Gasteiger partial charge in [0, 0.05) is 18.8 Å². The van der Waals surface area contributed by atoms with Crippen molar-refractivity contribution in [2.24, 2.45) is 5.41 Å². The number of hydrogen-bond acceptors (Lipinski definition) is 3. The molecule has 4 rings (SSSR count). The van der Waals surface area contributed by atoms with Crippen molar-refractivity contribution in [1.29, 1.82) is 0 Å². The minimum Gasteiger partial charge on any atom is -0.356 e. The van der Waals surface area contributed by atoms with Crippen molar-refractivity contribution in [1.82, 2.24) is 9.97 Å². The number of H-pyrrole nitrogens is 1. The highest BCUT2D eigenvalue weighted by Crippen LogP contribution is 2.52. The van der Waals surface area contributed by atoms with Gasteiger partial charge in [0.1, 0.15) is 5.69 Å². The molecule has 0 atom stereocenters. The third kappa shape index (κ3) is 3.27. The van der Waals surface area contributed by atoms with Crippen molar-refractivity contribution in [3.8, 4) is 0 Å². The lowest BCUT2D eigenvalue weighted by molar-refractivity contribution is -0.140. The van der Waals surface area contributed by atoms with Gasteiger partial charge in [-0.05, 0) is 35.5 Å². The Morgan fingerprint density at radius 1 is 1.10 bits per heavy atom. The van der Waals surface area contributed by atoms with E-state index >= 15 is 0 Å². The van der Waals surface area contributed by atoms with Crippen LogP contribution in [0.5, 0.6) is 0 Å². The highest BCUT2D eigenvalue weighted by atomic mass is 19.4. The lowest BCUT2D eigenvalue weighted by Gasteiger charge is -2.41. The molecule has 2 aromatic heterocycles. The third-order valence-electron chi connectivity index (χ3n) is 5.34. The second-order valence-electron chi connectivity index (χ2n) is 8.33. The van der Waals surface area contributed by atoms with Crippen LogP contribution in [0.2, 0.25) is 0 Å². The van der Waals surface area contributed by atoms with Gasteiger partial charge in [-0.1, -0.05) is 13.8 Å². The lowest BCUT2D eigenvalue weighted by atomic mass is 9.72. The molecule has 0 radical (unpaired) electrons. The number of nitrogens with one attached hydrogen (secondary N) is 1. The van der Waals surface area contributed by atoms with E-state index in [1.807, 2.05) is 13.8 Å². The zero-order chi connectivity index (χ0) is 22.1. The fraction of sp³-hybridized carbons (Fsp3) is 0.400. The molecule has 10 heteroatoms. The summed E-state index contributed by atoms with van der Waals surface area (Å²) < 4.78 is 82.1. The number of ketones is 1. The van der Waals surface area contributed by atoms with Crippen LogP contribution in [-0.4, -0.2) is 15.8 Å². The van der Waals surface area contributed by atoms with Crippen LogP contribution >= 0.6 is 0 Å². The summed E-state index contributed by atoms with van der Waals surface area (Å²) in [7, 11) is 0. The van der Waals surface area contributed by atoms with E-state index < -0.39 is 46.2 Å². The van der Waals surface area contributed by atoms with Crippen LogP contribution in [0.4, 0.5) is 37.7 Å². The highest BCUT2D eigenvalue weighted by Gasteiger charge is 2.47. The fourth-order valence-corrected chi connectivity index (χ4v) is 4.32. The molecule has 0 unspecified atom stereocenters. The Labute approximate surface area is 167 Å². The Kier molecular flexibility index (Phi) is 4.34. The van der Waals surface area contributed by atoms with Gasteiger partial charge in [-0.3, -0.25) is 9.78 Å². The molecule has 0 fully saturated rings. The molecule has 0 spiro atoms. The molecule has 4 nitrogen and oxygen atoms in total. The molecule has 160 valence electrons. The molecule has 0 bridgehead atoms. The number of pyridine rings is 1. The van der Waals surface area contributed by atoms with E-state index in [1.165, 1.54) is 0 Å². The van der Waals surface area contributed by atoms with Crippen LogP contribution in [-0.2, 0) is 23.6 Å². The van der Waals surface area contributed by atoms with Gasteiger partial charge in [0.2, 0.25) is 0 Å². The van der Waals surface area contributed by atoms with Crippen molar-refractivity contribution in [2.45, 2.75) is 45.5 Å². The Hall–Kier alpha value is -2.78. The first kappa shape index (κ1) is 20.5. The number of hydrogen-bond donors (Lipinski definition) is 1. The van der Waals surface area contributed by atoms with E-state index in [9.17, 15) is 31.1 Å². The maximum absolute atomic E-state index is 13.7. The number of fused-ring (bicyclic) bond motifs is 1. The number of nitrogens with zero attached hydrogens (tertiary/aromatic N) is 2. The van der Waals surface area contributed by atoms with E-state index in [4.69, 9.17) is 0 Å². The van der Waals surface area contributed by atoms with Gasteiger partial charge >= 0.3 is 12.4 Å². The van der Waals surface area contributed by atoms with Crippen molar-refractivity contribution < 1.29 is 31.1 Å². The first-order chi connectivity index (χ1) is 13.8. The Morgan fingerprint density at radius 2 is 1.80 bits per heavy atom. The average molecular weight is 429 g/mol. The van der Waals surface area contributed by atoms with Crippen molar-refractivity contribution >= 4 is 17.2 Å². The standard InChI is InChI=1S/C20H17F6N3O/c1-18(2)6-10-5-11-8-28-17(20(24,25)26)16(11)29(15(10)14(30)7-18)13-9-27-4-3-12(13)19(21,22)23/h3-4,8-9,28H,5-7H2,1-2H3. The van der Waals surface area contributed by atoms with E-state index in [0.717, 1.165) is 23.5 Å². The number of Topliss-reactive ketones (excluding diaryl/α,β-unsaturated/α-hetero) is 1. The van der Waals surface area contributed by atoms with Crippen LogP contribution in [0.3, 0.4) is 0 Å². The third-order valence-corrected chi connectivity index (χ3v) is 5.34. The predicted octanol–water partition coefficient (Wildman–Crippen LogP) is 5.78. The monoisotopic (exact) mass is 429 g/mol. The van der Waals surface area contributed by atoms with Crippen LogP contribution in [0, 0.1) is 5.41 Å². The minimum absolute atomic E-state index is 0.0189. The quantitative estimate of drug-likeness (QED) is 0.585. The SMILES string of the molecule is CC1(C)CC(=O)C2=C(Cc3c[nH]c(C(F)(F)F)c3N2c2cnccc2C(F)(F)F)C1. The minimum atomic E-state index is -4.85. The largest absolute Gasteiger partial charge is 0.433 e. The first-order valence-electron chi connectivity index (χ1n) is 9.13. The molecule has 1 aliphatic heterocycles. The molecular weight excluding hydrogens is 412 g/mol. The summed E-state index contributed by atoms with van der Waals surface area (Å²) >= 11 is 0. The zero-order valence-electron chi connectivity index (χ0n) is 16.0. The van der Waals surface area contributed by atoms with Gasteiger partial charge in [0.25, 0.3) is 0 Å². The Bertz CT molecular complexity index is 1060. The van der Waals surface area contributed by atoms with Crippen molar-refractivity contribution in [2.75, 3.05) is 4.90 Å². The fourth-order valence-electron chi connectivity index (χ4n) is 4.32. The second kappa shape index (κ2) is 6.36. The molecule has 2 aliphatic rings. The number of aromatic amines is 1. The molecule has 2 aromatic rings. The number of rotatable bonds is 1. The summed E-state index contributed by atoms with van der Waals surface area (Å²) in [6.45, 7) is 3.69. The van der Waals surface area contributed by atoms with E-state index in [0.29, 0.717) is 18.1 Å². The van der Waals surface area contributed by atoms with Gasteiger partial charge in [-0.25, -0.2) is 0 Å². The van der Waals surface area contributed by atoms with E-state index in [-0.39, 0.29) is 24.1 Å². The molecular formula is C20H17F6N3O. The molecule has 0 saturated heterocycles. The molecule has 1 aliphatic carbocycles.